The standard InChI is InChI=1S/C20H21N3O2S/c21-16-11-22(10-15(16)14-6-2-1-3-7-14)19(24)12-23-17-8-4-5-9-18(17)26-13-20(23)25/h1-9,15-16H,10-13,21H2/t15-,16+/m0/s1. The monoisotopic (exact) mass is 367 g/mol. The van der Waals surface area contributed by atoms with Crippen LogP contribution >= 0.6 is 11.8 Å². The van der Waals surface area contributed by atoms with Crippen LogP contribution in [-0.4, -0.2) is 48.1 Å². The van der Waals surface area contributed by atoms with Gasteiger partial charge in [-0.25, -0.2) is 0 Å². The number of thioether (sulfide) groups is 1. The molecule has 1 fully saturated rings. The fraction of sp³-hybridized carbons (Fsp3) is 0.300. The number of likely N-dealkylation sites (tertiary alicyclic amines) is 1. The third-order valence-electron chi connectivity index (χ3n) is 5.05. The van der Waals surface area contributed by atoms with Crippen molar-refractivity contribution in [2.75, 3.05) is 30.3 Å². The van der Waals surface area contributed by atoms with E-state index < -0.39 is 0 Å². The molecule has 2 aliphatic heterocycles. The van der Waals surface area contributed by atoms with Crippen LogP contribution < -0.4 is 10.6 Å². The van der Waals surface area contributed by atoms with Crippen molar-refractivity contribution in [3.8, 4) is 0 Å². The van der Waals surface area contributed by atoms with Crippen molar-refractivity contribution in [2.24, 2.45) is 5.73 Å². The molecule has 0 radical (unpaired) electrons. The first kappa shape index (κ1) is 17.1. The van der Waals surface area contributed by atoms with Gasteiger partial charge in [-0.05, 0) is 17.7 Å². The molecule has 134 valence electrons. The first-order chi connectivity index (χ1) is 12.6. The normalized spacial score (nSPS) is 22.4. The summed E-state index contributed by atoms with van der Waals surface area (Å²) in [5.41, 5.74) is 8.28. The Bertz CT molecular complexity index is 827. The Morgan fingerprint density at radius 1 is 1.08 bits per heavy atom. The second-order valence-corrected chi connectivity index (χ2v) is 7.73. The Morgan fingerprint density at radius 3 is 2.62 bits per heavy atom. The average Bonchev–Trinajstić information content (AvgIpc) is 3.06. The summed E-state index contributed by atoms with van der Waals surface area (Å²) < 4.78 is 0. The third-order valence-corrected chi connectivity index (χ3v) is 6.09. The lowest BCUT2D eigenvalue weighted by molar-refractivity contribution is -0.130. The van der Waals surface area contributed by atoms with E-state index in [1.165, 1.54) is 11.8 Å². The Labute approximate surface area is 157 Å². The number of hydrogen-bond donors (Lipinski definition) is 1. The maximum Gasteiger partial charge on any atom is 0.242 e. The highest BCUT2D eigenvalue weighted by Crippen LogP contribution is 2.35. The van der Waals surface area contributed by atoms with E-state index in [1.807, 2.05) is 42.5 Å². The molecule has 0 aliphatic carbocycles. The van der Waals surface area contributed by atoms with Crippen LogP contribution in [0.25, 0.3) is 0 Å². The smallest absolute Gasteiger partial charge is 0.242 e. The molecule has 0 unspecified atom stereocenters. The van der Waals surface area contributed by atoms with E-state index in [-0.39, 0.29) is 30.3 Å². The van der Waals surface area contributed by atoms with E-state index in [4.69, 9.17) is 5.73 Å². The van der Waals surface area contributed by atoms with Gasteiger partial charge in [0.05, 0.1) is 11.4 Å². The molecule has 0 aromatic heterocycles. The van der Waals surface area contributed by atoms with Gasteiger partial charge >= 0.3 is 0 Å². The van der Waals surface area contributed by atoms with Gasteiger partial charge in [-0.2, -0.15) is 0 Å². The minimum atomic E-state index is -0.0822. The first-order valence-corrected chi connectivity index (χ1v) is 9.72. The molecule has 1 saturated heterocycles. The molecule has 2 aliphatic rings. The van der Waals surface area contributed by atoms with Crippen molar-refractivity contribution in [2.45, 2.75) is 16.9 Å². The summed E-state index contributed by atoms with van der Waals surface area (Å²) >= 11 is 1.52. The fourth-order valence-corrected chi connectivity index (χ4v) is 4.58. The van der Waals surface area contributed by atoms with Crippen LogP contribution in [0.3, 0.4) is 0 Å². The predicted octanol–water partition coefficient (Wildman–Crippen LogP) is 2.08. The summed E-state index contributed by atoms with van der Waals surface area (Å²) in [6, 6.07) is 17.7. The summed E-state index contributed by atoms with van der Waals surface area (Å²) in [5.74, 6) is 0.440. The van der Waals surface area contributed by atoms with Crippen LogP contribution in [0.5, 0.6) is 0 Å². The second-order valence-electron chi connectivity index (χ2n) is 6.72. The van der Waals surface area contributed by atoms with Crippen molar-refractivity contribution in [3.63, 3.8) is 0 Å². The summed E-state index contributed by atoms with van der Waals surface area (Å²) in [4.78, 5) is 29.7. The highest BCUT2D eigenvalue weighted by molar-refractivity contribution is 8.00. The molecule has 6 heteroatoms. The number of para-hydroxylation sites is 1. The minimum Gasteiger partial charge on any atom is -0.339 e. The number of carbonyl (C=O) groups is 2. The van der Waals surface area contributed by atoms with E-state index in [2.05, 4.69) is 12.1 Å². The van der Waals surface area contributed by atoms with Gasteiger partial charge in [-0.3, -0.25) is 9.59 Å². The van der Waals surface area contributed by atoms with Crippen molar-refractivity contribution in [1.82, 2.24) is 4.90 Å². The number of anilines is 1. The zero-order valence-corrected chi connectivity index (χ0v) is 15.2. The minimum absolute atomic E-state index is 0.0230. The highest BCUT2D eigenvalue weighted by atomic mass is 32.2. The van der Waals surface area contributed by atoms with Crippen LogP contribution in [0.4, 0.5) is 5.69 Å². The van der Waals surface area contributed by atoms with Gasteiger partial charge in [0.15, 0.2) is 0 Å². The van der Waals surface area contributed by atoms with Crippen molar-refractivity contribution >= 4 is 29.3 Å². The molecular formula is C20H21N3O2S. The molecule has 0 bridgehead atoms. The van der Waals surface area contributed by atoms with Crippen LogP contribution in [0.2, 0.25) is 0 Å². The van der Waals surface area contributed by atoms with Gasteiger partial charge in [0.25, 0.3) is 0 Å². The molecule has 0 spiro atoms. The lowest BCUT2D eigenvalue weighted by Crippen LogP contribution is -2.44. The number of hydrogen-bond acceptors (Lipinski definition) is 4. The number of fused-ring (bicyclic) bond motifs is 1. The molecule has 2 amide bonds. The van der Waals surface area contributed by atoms with Crippen molar-refractivity contribution in [3.05, 3.63) is 60.2 Å². The molecule has 26 heavy (non-hydrogen) atoms. The molecule has 4 rings (SSSR count). The summed E-state index contributed by atoms with van der Waals surface area (Å²) in [6.07, 6.45) is 0. The zero-order valence-electron chi connectivity index (χ0n) is 14.4. The van der Waals surface area contributed by atoms with Gasteiger partial charge in [-0.15, -0.1) is 11.8 Å². The van der Waals surface area contributed by atoms with Crippen molar-refractivity contribution in [1.29, 1.82) is 0 Å². The summed E-state index contributed by atoms with van der Waals surface area (Å²) in [7, 11) is 0. The van der Waals surface area contributed by atoms with E-state index in [0.29, 0.717) is 18.8 Å². The summed E-state index contributed by atoms with van der Waals surface area (Å²) in [6.45, 7) is 1.20. The zero-order chi connectivity index (χ0) is 18.1. The van der Waals surface area contributed by atoms with Gasteiger partial charge in [0, 0.05) is 29.9 Å². The van der Waals surface area contributed by atoms with Gasteiger partial charge < -0.3 is 15.5 Å². The predicted molar refractivity (Wildman–Crippen MR) is 103 cm³/mol. The Morgan fingerprint density at radius 2 is 1.81 bits per heavy atom. The lowest BCUT2D eigenvalue weighted by atomic mass is 9.95. The van der Waals surface area contributed by atoms with E-state index in [9.17, 15) is 9.59 Å². The molecule has 2 heterocycles. The van der Waals surface area contributed by atoms with Crippen molar-refractivity contribution < 1.29 is 9.59 Å². The molecule has 2 atom stereocenters. The van der Waals surface area contributed by atoms with Gasteiger partial charge in [0.1, 0.15) is 6.54 Å². The molecule has 2 N–H and O–H groups in total. The molecule has 5 nitrogen and oxygen atoms in total. The van der Waals surface area contributed by atoms with Crippen LogP contribution in [0.15, 0.2) is 59.5 Å². The Balaban J connectivity index is 1.48. The van der Waals surface area contributed by atoms with Crippen LogP contribution in [0, 0.1) is 0 Å². The van der Waals surface area contributed by atoms with Gasteiger partial charge in [-0.1, -0.05) is 42.5 Å². The second kappa shape index (κ2) is 7.13. The number of benzene rings is 2. The number of nitrogens with two attached hydrogens (primary N) is 1. The Kier molecular flexibility index (Phi) is 4.70. The van der Waals surface area contributed by atoms with E-state index >= 15 is 0 Å². The quantitative estimate of drug-likeness (QED) is 0.902. The summed E-state index contributed by atoms with van der Waals surface area (Å²) in [5, 5.41) is 0. The molecule has 2 aromatic rings. The number of carbonyl (C=O) groups excluding carboxylic acids is 2. The van der Waals surface area contributed by atoms with Crippen LogP contribution in [-0.2, 0) is 9.59 Å². The third kappa shape index (κ3) is 3.22. The Hall–Kier alpha value is -2.31. The van der Waals surface area contributed by atoms with Crippen LogP contribution in [0.1, 0.15) is 11.5 Å². The molecule has 0 saturated carbocycles. The maximum atomic E-state index is 12.9. The average molecular weight is 367 g/mol. The molecule has 2 aromatic carbocycles. The molecular weight excluding hydrogens is 346 g/mol. The number of amides is 2. The number of rotatable bonds is 3. The fourth-order valence-electron chi connectivity index (χ4n) is 3.65. The van der Waals surface area contributed by atoms with Gasteiger partial charge in [0.2, 0.25) is 11.8 Å². The topological polar surface area (TPSA) is 66.6 Å². The number of nitrogens with zero attached hydrogens (tertiary/aromatic N) is 2. The van der Waals surface area contributed by atoms with E-state index in [1.54, 1.807) is 9.80 Å². The maximum absolute atomic E-state index is 12.9. The first-order valence-electron chi connectivity index (χ1n) is 8.74. The highest BCUT2D eigenvalue weighted by Gasteiger charge is 2.35. The largest absolute Gasteiger partial charge is 0.339 e. The SMILES string of the molecule is N[C@@H]1CN(C(=O)CN2C(=O)CSc3ccccc32)C[C@H]1c1ccccc1. The lowest BCUT2D eigenvalue weighted by Gasteiger charge is -2.30. The van der Waals surface area contributed by atoms with E-state index in [0.717, 1.165) is 16.1 Å².